The first kappa shape index (κ1) is 8.79. The zero-order valence-electron chi connectivity index (χ0n) is 6.62. The van der Waals surface area contributed by atoms with E-state index in [9.17, 15) is 0 Å². The van der Waals surface area contributed by atoms with Crippen LogP contribution in [-0.4, -0.2) is 10.5 Å². The van der Waals surface area contributed by atoms with Gasteiger partial charge in [0.15, 0.2) is 0 Å². The molecule has 0 nitrogen and oxygen atoms in total. The van der Waals surface area contributed by atoms with Crippen molar-refractivity contribution in [3.05, 3.63) is 0 Å². The summed E-state index contributed by atoms with van der Waals surface area (Å²) in [7, 11) is 0. The molecule has 0 N–H and O–H groups in total. The lowest BCUT2D eigenvalue weighted by molar-refractivity contribution is 0.322. The minimum atomic E-state index is 0.582. The Labute approximate surface area is 74.6 Å². The van der Waals surface area contributed by atoms with Gasteiger partial charge in [0.1, 0.15) is 0 Å². The Bertz CT molecular complexity index is 87.8. The van der Waals surface area contributed by atoms with Gasteiger partial charge in [0.25, 0.3) is 0 Å². The summed E-state index contributed by atoms with van der Waals surface area (Å²) in [6.07, 6.45) is 2.47. The molecule has 0 aromatic carbocycles. The van der Waals surface area contributed by atoms with Crippen molar-refractivity contribution in [1.29, 1.82) is 0 Å². The van der Waals surface area contributed by atoms with Gasteiger partial charge in [-0.15, -0.1) is 0 Å². The average molecular weight is 176 g/mol. The van der Waals surface area contributed by atoms with Gasteiger partial charge in [-0.25, -0.2) is 0 Å². The van der Waals surface area contributed by atoms with Gasteiger partial charge in [-0.3, -0.25) is 0 Å². The van der Waals surface area contributed by atoms with Crippen LogP contribution in [0, 0.1) is 11.8 Å². The molecule has 1 aliphatic rings. The van der Waals surface area contributed by atoms with Crippen molar-refractivity contribution in [2.75, 3.05) is 0 Å². The normalized spacial score (nSPS) is 49.2. The highest BCUT2D eigenvalue weighted by Gasteiger charge is 2.28. The van der Waals surface area contributed by atoms with Crippen molar-refractivity contribution >= 4 is 25.3 Å². The van der Waals surface area contributed by atoms with E-state index in [1.54, 1.807) is 0 Å². The number of rotatable bonds is 0. The molecule has 4 atom stereocenters. The molecule has 1 rings (SSSR count). The first-order valence-electron chi connectivity index (χ1n) is 3.97. The molecule has 0 radical (unpaired) electrons. The van der Waals surface area contributed by atoms with Crippen molar-refractivity contribution in [2.24, 2.45) is 11.8 Å². The van der Waals surface area contributed by atoms with Crippen LogP contribution in [0.1, 0.15) is 26.7 Å². The third-order valence-electron chi connectivity index (χ3n) is 2.54. The average Bonchev–Trinajstić information content (AvgIpc) is 1.84. The maximum atomic E-state index is 4.51. The van der Waals surface area contributed by atoms with E-state index >= 15 is 0 Å². The van der Waals surface area contributed by atoms with Crippen LogP contribution in [0.15, 0.2) is 0 Å². The molecule has 4 unspecified atom stereocenters. The SMILES string of the molecule is CC1CC(C)C(S)CC1S. The standard InChI is InChI=1S/C8H16S2/c1-5-3-6(2)8(10)4-7(5)9/h5-10H,3-4H2,1-2H3. The second-order valence-corrected chi connectivity index (χ2v) is 4.89. The van der Waals surface area contributed by atoms with Crippen LogP contribution in [0.25, 0.3) is 0 Å². The summed E-state index contributed by atoms with van der Waals surface area (Å²) in [4.78, 5) is 0. The second kappa shape index (κ2) is 3.40. The molecule has 0 aliphatic heterocycles. The fraction of sp³-hybridized carbons (Fsp3) is 1.00. The predicted octanol–water partition coefficient (Wildman–Crippen LogP) is 2.65. The maximum absolute atomic E-state index is 4.51. The maximum Gasteiger partial charge on any atom is 0.00530 e. The molecule has 0 saturated heterocycles. The molecule has 10 heavy (non-hydrogen) atoms. The first-order chi connectivity index (χ1) is 4.61. The van der Waals surface area contributed by atoms with E-state index in [4.69, 9.17) is 0 Å². The molecule has 0 amide bonds. The van der Waals surface area contributed by atoms with Crippen molar-refractivity contribution in [3.8, 4) is 0 Å². The van der Waals surface area contributed by atoms with Gasteiger partial charge in [0, 0.05) is 10.5 Å². The van der Waals surface area contributed by atoms with Crippen LogP contribution < -0.4 is 0 Å². The van der Waals surface area contributed by atoms with Crippen molar-refractivity contribution < 1.29 is 0 Å². The monoisotopic (exact) mass is 176 g/mol. The Kier molecular flexibility index (Phi) is 2.99. The smallest absolute Gasteiger partial charge is 0.00530 e. The van der Waals surface area contributed by atoms with Gasteiger partial charge in [-0.1, -0.05) is 13.8 Å². The number of thiol groups is 2. The highest BCUT2D eigenvalue weighted by atomic mass is 32.1. The molecule has 0 heterocycles. The van der Waals surface area contributed by atoms with Gasteiger partial charge in [0.05, 0.1) is 0 Å². The minimum absolute atomic E-state index is 0.582. The van der Waals surface area contributed by atoms with E-state index in [1.165, 1.54) is 12.8 Å². The Hall–Kier alpha value is 0.700. The third-order valence-corrected chi connectivity index (χ3v) is 3.98. The third kappa shape index (κ3) is 1.85. The summed E-state index contributed by atoms with van der Waals surface area (Å²) in [5, 5.41) is 1.16. The summed E-state index contributed by atoms with van der Waals surface area (Å²) in [5.41, 5.74) is 0. The summed E-state index contributed by atoms with van der Waals surface area (Å²) in [6, 6.07) is 0. The van der Waals surface area contributed by atoms with Crippen LogP contribution >= 0.6 is 25.3 Å². The first-order valence-corrected chi connectivity index (χ1v) is 5.00. The highest BCUT2D eigenvalue weighted by molar-refractivity contribution is 7.82. The second-order valence-electron chi connectivity index (χ2n) is 3.56. The Morgan fingerprint density at radius 3 is 1.60 bits per heavy atom. The molecule has 1 saturated carbocycles. The van der Waals surface area contributed by atoms with Crippen molar-refractivity contribution in [1.82, 2.24) is 0 Å². The fourth-order valence-electron chi connectivity index (χ4n) is 1.61. The van der Waals surface area contributed by atoms with Gasteiger partial charge >= 0.3 is 0 Å². The highest BCUT2D eigenvalue weighted by Crippen LogP contribution is 2.34. The van der Waals surface area contributed by atoms with Crippen LogP contribution in [0.4, 0.5) is 0 Å². The summed E-state index contributed by atoms with van der Waals surface area (Å²) >= 11 is 9.01. The van der Waals surface area contributed by atoms with E-state index in [0.29, 0.717) is 10.5 Å². The summed E-state index contributed by atoms with van der Waals surface area (Å²) in [6.45, 7) is 4.57. The zero-order chi connectivity index (χ0) is 7.72. The van der Waals surface area contributed by atoms with Crippen LogP contribution in [-0.2, 0) is 0 Å². The predicted molar refractivity (Wildman–Crippen MR) is 53.1 cm³/mol. The number of hydrogen-bond donors (Lipinski definition) is 2. The van der Waals surface area contributed by atoms with E-state index in [1.807, 2.05) is 0 Å². The van der Waals surface area contributed by atoms with Gasteiger partial charge in [-0.05, 0) is 24.7 Å². The van der Waals surface area contributed by atoms with E-state index in [0.717, 1.165) is 11.8 Å². The quantitative estimate of drug-likeness (QED) is 0.521. The Morgan fingerprint density at radius 1 is 0.900 bits per heavy atom. The topological polar surface area (TPSA) is 0 Å². The van der Waals surface area contributed by atoms with Crippen LogP contribution in [0.2, 0.25) is 0 Å². The van der Waals surface area contributed by atoms with E-state index in [2.05, 4.69) is 39.1 Å². The lowest BCUT2D eigenvalue weighted by atomic mass is 9.83. The summed E-state index contributed by atoms with van der Waals surface area (Å²) in [5.74, 6) is 1.56. The molecule has 0 aromatic heterocycles. The van der Waals surface area contributed by atoms with Crippen molar-refractivity contribution in [3.63, 3.8) is 0 Å². The van der Waals surface area contributed by atoms with Crippen LogP contribution in [0.5, 0.6) is 0 Å². The zero-order valence-corrected chi connectivity index (χ0v) is 8.41. The van der Waals surface area contributed by atoms with Gasteiger partial charge in [-0.2, -0.15) is 25.3 Å². The van der Waals surface area contributed by atoms with Crippen molar-refractivity contribution in [2.45, 2.75) is 37.2 Å². The largest absolute Gasteiger partial charge is 0.176 e. The molecule has 2 heteroatoms. The molecular formula is C8H16S2. The Morgan fingerprint density at radius 2 is 1.30 bits per heavy atom. The molecule has 0 spiro atoms. The number of hydrogen-bond acceptors (Lipinski definition) is 2. The lowest BCUT2D eigenvalue weighted by Gasteiger charge is -2.33. The van der Waals surface area contributed by atoms with Gasteiger partial charge in [0.2, 0.25) is 0 Å². The Balaban J connectivity index is 2.46. The lowest BCUT2D eigenvalue weighted by Crippen LogP contribution is -2.30. The molecular weight excluding hydrogens is 160 g/mol. The molecule has 0 bridgehead atoms. The molecule has 1 aliphatic carbocycles. The van der Waals surface area contributed by atoms with Crippen LogP contribution in [0.3, 0.4) is 0 Å². The molecule has 0 aromatic rings. The van der Waals surface area contributed by atoms with E-state index < -0.39 is 0 Å². The van der Waals surface area contributed by atoms with E-state index in [-0.39, 0.29) is 0 Å². The van der Waals surface area contributed by atoms with Gasteiger partial charge < -0.3 is 0 Å². The molecule has 1 fully saturated rings. The fourth-order valence-corrected chi connectivity index (χ4v) is 2.48. The molecule has 60 valence electrons. The minimum Gasteiger partial charge on any atom is -0.176 e. The summed E-state index contributed by atoms with van der Waals surface area (Å²) < 4.78 is 0.